The van der Waals surface area contributed by atoms with Gasteiger partial charge in [-0.1, -0.05) is 36.4 Å². The molecule has 3 rings (SSSR count). The highest BCUT2D eigenvalue weighted by atomic mass is 16.5. The average molecular weight is 309 g/mol. The van der Waals surface area contributed by atoms with Crippen LogP contribution in [-0.4, -0.2) is 23.1 Å². The maximum Gasteiger partial charge on any atom is 0.276 e. The number of hydrogen-bond donors (Lipinski definition) is 2. The van der Waals surface area contributed by atoms with Crippen LogP contribution in [0.4, 0.5) is 0 Å². The second kappa shape index (κ2) is 6.23. The lowest BCUT2D eigenvalue weighted by atomic mass is 10.2. The molecule has 0 aliphatic heterocycles. The Morgan fingerprint density at radius 3 is 2.48 bits per heavy atom. The first-order valence-electron chi connectivity index (χ1n) is 7.03. The highest BCUT2D eigenvalue weighted by molar-refractivity contribution is 5.99. The van der Waals surface area contributed by atoms with E-state index in [-0.39, 0.29) is 12.3 Å². The van der Waals surface area contributed by atoms with Crippen LogP contribution in [0.25, 0.3) is 10.9 Å². The molecule has 0 saturated carbocycles. The van der Waals surface area contributed by atoms with Crippen molar-refractivity contribution in [3.05, 3.63) is 66.4 Å². The molecule has 0 saturated heterocycles. The van der Waals surface area contributed by atoms with Crippen LogP contribution >= 0.6 is 0 Å². The van der Waals surface area contributed by atoms with Gasteiger partial charge in [0.15, 0.2) is 6.61 Å². The van der Waals surface area contributed by atoms with Crippen LogP contribution in [0.2, 0.25) is 0 Å². The zero-order valence-corrected chi connectivity index (χ0v) is 12.2. The van der Waals surface area contributed by atoms with E-state index in [4.69, 9.17) is 10.5 Å². The molecule has 0 aliphatic rings. The van der Waals surface area contributed by atoms with Gasteiger partial charge in [-0.3, -0.25) is 15.0 Å². The third-order valence-corrected chi connectivity index (χ3v) is 3.31. The minimum Gasteiger partial charge on any atom is -0.484 e. The summed E-state index contributed by atoms with van der Waals surface area (Å²) in [7, 11) is 0. The van der Waals surface area contributed by atoms with Crippen LogP contribution in [0.15, 0.2) is 60.7 Å². The molecule has 0 unspecified atom stereocenters. The van der Waals surface area contributed by atoms with Crippen molar-refractivity contribution >= 4 is 22.7 Å². The summed E-state index contributed by atoms with van der Waals surface area (Å²) in [4.78, 5) is 23.7. The minimum absolute atomic E-state index is 0.172. The fraction of sp³-hybridized carbons (Fsp3) is 0.0588. The lowest BCUT2D eigenvalue weighted by Crippen LogP contribution is -2.31. The first-order valence-corrected chi connectivity index (χ1v) is 7.03. The second-order valence-corrected chi connectivity index (χ2v) is 4.92. The Labute approximate surface area is 132 Å². The summed E-state index contributed by atoms with van der Waals surface area (Å²) < 4.78 is 6.77. The van der Waals surface area contributed by atoms with Gasteiger partial charge in [0.05, 0.1) is 5.52 Å². The van der Waals surface area contributed by atoms with E-state index in [9.17, 15) is 9.59 Å². The Morgan fingerprint density at radius 2 is 1.74 bits per heavy atom. The molecule has 0 bridgehead atoms. The quantitative estimate of drug-likeness (QED) is 0.754. The number of para-hydroxylation sites is 2. The van der Waals surface area contributed by atoms with Crippen molar-refractivity contribution in [2.45, 2.75) is 0 Å². The van der Waals surface area contributed by atoms with Gasteiger partial charge in [0, 0.05) is 5.39 Å². The zero-order chi connectivity index (χ0) is 16.2. The van der Waals surface area contributed by atoms with E-state index in [1.165, 1.54) is 4.68 Å². The number of nitrogens with two attached hydrogens (primary N) is 1. The second-order valence-electron chi connectivity index (χ2n) is 4.92. The lowest BCUT2D eigenvalue weighted by Gasteiger charge is -2.11. The highest BCUT2D eigenvalue weighted by Crippen LogP contribution is 2.18. The number of rotatable bonds is 5. The first kappa shape index (κ1) is 14.6. The number of benzene rings is 2. The fourth-order valence-electron chi connectivity index (χ4n) is 2.28. The SMILES string of the molecule is NC(=O)c1cc2ccccc2n1NC(=O)COc1ccccc1. The number of hydrogen-bond acceptors (Lipinski definition) is 3. The summed E-state index contributed by atoms with van der Waals surface area (Å²) in [6, 6.07) is 17.9. The topological polar surface area (TPSA) is 86.4 Å². The largest absolute Gasteiger partial charge is 0.484 e. The van der Waals surface area contributed by atoms with Gasteiger partial charge < -0.3 is 10.5 Å². The molecule has 6 heteroatoms. The number of carbonyl (C=O) groups excluding carboxylic acids is 2. The van der Waals surface area contributed by atoms with E-state index in [1.54, 1.807) is 24.3 Å². The van der Waals surface area contributed by atoms with Crippen molar-refractivity contribution in [2.24, 2.45) is 5.73 Å². The minimum atomic E-state index is -0.620. The van der Waals surface area contributed by atoms with Crippen molar-refractivity contribution in [1.82, 2.24) is 4.68 Å². The van der Waals surface area contributed by atoms with E-state index < -0.39 is 11.8 Å². The van der Waals surface area contributed by atoms with Crippen molar-refractivity contribution in [3.63, 3.8) is 0 Å². The number of carbonyl (C=O) groups is 2. The van der Waals surface area contributed by atoms with Crippen LogP contribution < -0.4 is 15.9 Å². The van der Waals surface area contributed by atoms with Gasteiger partial charge in [-0.25, -0.2) is 4.68 Å². The van der Waals surface area contributed by atoms with E-state index >= 15 is 0 Å². The number of nitrogens with one attached hydrogen (secondary N) is 1. The first-order chi connectivity index (χ1) is 11.1. The Morgan fingerprint density at radius 1 is 1.04 bits per heavy atom. The number of nitrogens with zero attached hydrogens (tertiary/aromatic N) is 1. The summed E-state index contributed by atoms with van der Waals surface area (Å²) in [6.07, 6.45) is 0. The van der Waals surface area contributed by atoms with Crippen molar-refractivity contribution in [2.75, 3.05) is 12.0 Å². The summed E-state index contributed by atoms with van der Waals surface area (Å²) >= 11 is 0. The number of ether oxygens (including phenoxy) is 1. The standard InChI is InChI=1S/C17H15N3O3/c18-17(22)15-10-12-6-4-5-9-14(12)20(15)19-16(21)11-23-13-7-2-1-3-8-13/h1-10H,11H2,(H2,18,22)(H,19,21). The summed E-state index contributed by atoms with van der Waals surface area (Å²) in [6.45, 7) is -0.172. The number of aromatic nitrogens is 1. The Kier molecular flexibility index (Phi) is 3.97. The Bertz CT molecular complexity index is 856. The number of fused-ring (bicyclic) bond motifs is 1. The van der Waals surface area contributed by atoms with E-state index in [0.717, 1.165) is 5.39 Å². The zero-order valence-electron chi connectivity index (χ0n) is 12.2. The molecule has 23 heavy (non-hydrogen) atoms. The molecule has 0 aliphatic carbocycles. The molecule has 0 fully saturated rings. The molecular weight excluding hydrogens is 294 g/mol. The summed E-state index contributed by atoms with van der Waals surface area (Å²) in [5.41, 5.74) is 8.91. The predicted molar refractivity (Wildman–Crippen MR) is 86.8 cm³/mol. The maximum absolute atomic E-state index is 12.1. The van der Waals surface area contributed by atoms with Crippen molar-refractivity contribution in [3.8, 4) is 5.75 Å². The predicted octanol–water partition coefficient (Wildman–Crippen LogP) is 1.89. The molecule has 1 aromatic heterocycles. The van der Waals surface area contributed by atoms with Crippen molar-refractivity contribution in [1.29, 1.82) is 0 Å². The van der Waals surface area contributed by atoms with Crippen LogP contribution in [0.5, 0.6) is 5.75 Å². The third kappa shape index (κ3) is 3.16. The summed E-state index contributed by atoms with van der Waals surface area (Å²) in [5.74, 6) is -0.418. The molecular formula is C17H15N3O3. The molecule has 0 spiro atoms. The smallest absolute Gasteiger partial charge is 0.276 e. The van der Waals surface area contributed by atoms with Gasteiger partial charge in [0.25, 0.3) is 11.8 Å². The van der Waals surface area contributed by atoms with Crippen LogP contribution in [0.3, 0.4) is 0 Å². The summed E-state index contributed by atoms with van der Waals surface area (Å²) in [5, 5.41) is 0.811. The molecule has 2 amide bonds. The lowest BCUT2D eigenvalue weighted by molar-refractivity contribution is -0.119. The Hall–Kier alpha value is -3.28. The van der Waals surface area contributed by atoms with Crippen LogP contribution in [0, 0.1) is 0 Å². The molecule has 2 aromatic carbocycles. The van der Waals surface area contributed by atoms with E-state index in [0.29, 0.717) is 11.3 Å². The van der Waals surface area contributed by atoms with Gasteiger partial charge in [-0.15, -0.1) is 0 Å². The van der Waals surface area contributed by atoms with Gasteiger partial charge in [-0.05, 0) is 24.3 Å². The molecule has 1 heterocycles. The molecule has 3 aromatic rings. The molecule has 6 nitrogen and oxygen atoms in total. The van der Waals surface area contributed by atoms with Crippen molar-refractivity contribution < 1.29 is 14.3 Å². The van der Waals surface area contributed by atoms with Crippen LogP contribution in [-0.2, 0) is 4.79 Å². The number of primary amides is 1. The molecule has 116 valence electrons. The third-order valence-electron chi connectivity index (χ3n) is 3.31. The molecule has 0 radical (unpaired) electrons. The van der Waals surface area contributed by atoms with Gasteiger partial charge >= 0.3 is 0 Å². The van der Waals surface area contributed by atoms with E-state index in [2.05, 4.69) is 5.43 Å². The average Bonchev–Trinajstić information content (AvgIpc) is 2.93. The Balaban J connectivity index is 1.79. The highest BCUT2D eigenvalue weighted by Gasteiger charge is 2.15. The monoisotopic (exact) mass is 309 g/mol. The van der Waals surface area contributed by atoms with Crippen LogP contribution in [0.1, 0.15) is 10.5 Å². The van der Waals surface area contributed by atoms with E-state index in [1.807, 2.05) is 36.4 Å². The van der Waals surface area contributed by atoms with Gasteiger partial charge in [0.1, 0.15) is 11.4 Å². The normalized spacial score (nSPS) is 10.4. The molecule has 0 atom stereocenters. The maximum atomic E-state index is 12.1. The van der Waals surface area contributed by atoms with Gasteiger partial charge in [0.2, 0.25) is 0 Å². The number of amides is 2. The van der Waals surface area contributed by atoms with Gasteiger partial charge in [-0.2, -0.15) is 0 Å². The fourth-order valence-corrected chi connectivity index (χ4v) is 2.28. The molecule has 3 N–H and O–H groups in total.